The van der Waals surface area contributed by atoms with Gasteiger partial charge in [-0.3, -0.25) is 4.79 Å². The summed E-state index contributed by atoms with van der Waals surface area (Å²) in [5.74, 6) is 0.379. The fraction of sp³-hybridized carbons (Fsp3) is 0.273. The fourth-order valence-corrected chi connectivity index (χ4v) is 1.67. The van der Waals surface area contributed by atoms with Crippen molar-refractivity contribution in [2.24, 2.45) is 0 Å². The number of nitrogens with zero attached hydrogens (tertiary/aromatic N) is 4. The number of aromatic nitrogens is 4. The number of tetrazole rings is 1. The standard InChI is InChI=1S/C11H12BrN5O/c1-2-13-10(18)7-17-15-11(14-16-17)8-3-5-9(12)6-4-8/h3-6H,2,7H2,1H3,(H,13,18). The second-order valence-corrected chi connectivity index (χ2v) is 4.52. The van der Waals surface area contributed by atoms with Gasteiger partial charge >= 0.3 is 0 Å². The third kappa shape index (κ3) is 3.13. The van der Waals surface area contributed by atoms with Gasteiger partial charge in [0.2, 0.25) is 11.7 Å². The second kappa shape index (κ2) is 5.72. The van der Waals surface area contributed by atoms with Crippen molar-refractivity contribution < 1.29 is 4.79 Å². The van der Waals surface area contributed by atoms with Gasteiger partial charge in [0, 0.05) is 16.6 Å². The lowest BCUT2D eigenvalue weighted by Crippen LogP contribution is -2.28. The van der Waals surface area contributed by atoms with Gasteiger partial charge in [-0.2, -0.15) is 4.80 Å². The van der Waals surface area contributed by atoms with Crippen LogP contribution in [0.3, 0.4) is 0 Å². The van der Waals surface area contributed by atoms with Crippen LogP contribution in [0, 0.1) is 0 Å². The van der Waals surface area contributed by atoms with Gasteiger partial charge in [-0.15, -0.1) is 10.2 Å². The molecule has 0 aliphatic carbocycles. The first-order valence-corrected chi connectivity index (χ1v) is 6.29. The molecule has 0 radical (unpaired) electrons. The van der Waals surface area contributed by atoms with E-state index in [1.54, 1.807) is 0 Å². The van der Waals surface area contributed by atoms with Gasteiger partial charge in [-0.05, 0) is 36.4 Å². The van der Waals surface area contributed by atoms with Crippen LogP contribution in [-0.4, -0.2) is 32.7 Å². The summed E-state index contributed by atoms with van der Waals surface area (Å²) in [4.78, 5) is 12.6. The zero-order chi connectivity index (χ0) is 13.0. The minimum Gasteiger partial charge on any atom is -0.355 e. The summed E-state index contributed by atoms with van der Waals surface area (Å²) in [6.07, 6.45) is 0. The Balaban J connectivity index is 2.10. The Morgan fingerprint density at radius 2 is 2.11 bits per heavy atom. The van der Waals surface area contributed by atoms with Crippen LogP contribution in [0.1, 0.15) is 6.92 Å². The zero-order valence-corrected chi connectivity index (χ0v) is 11.4. The first-order chi connectivity index (χ1) is 8.69. The highest BCUT2D eigenvalue weighted by Gasteiger charge is 2.08. The summed E-state index contributed by atoms with van der Waals surface area (Å²) in [5, 5.41) is 14.6. The average molecular weight is 310 g/mol. The molecule has 0 aliphatic heterocycles. The number of halogens is 1. The largest absolute Gasteiger partial charge is 0.355 e. The maximum absolute atomic E-state index is 11.4. The summed E-state index contributed by atoms with van der Waals surface area (Å²) < 4.78 is 0.987. The van der Waals surface area contributed by atoms with Crippen LogP contribution >= 0.6 is 15.9 Å². The number of hydrogen-bond donors (Lipinski definition) is 1. The summed E-state index contributed by atoms with van der Waals surface area (Å²) in [6, 6.07) is 7.58. The Morgan fingerprint density at radius 1 is 1.39 bits per heavy atom. The lowest BCUT2D eigenvalue weighted by Gasteiger charge is -1.99. The normalized spacial score (nSPS) is 10.3. The van der Waals surface area contributed by atoms with E-state index in [-0.39, 0.29) is 12.5 Å². The number of hydrogen-bond acceptors (Lipinski definition) is 4. The SMILES string of the molecule is CCNC(=O)Cn1nnc(-c2ccc(Br)cc2)n1. The van der Waals surface area contributed by atoms with Gasteiger partial charge in [-0.1, -0.05) is 15.9 Å². The predicted octanol–water partition coefficient (Wildman–Crippen LogP) is 1.24. The van der Waals surface area contributed by atoms with Crippen LogP contribution in [0.4, 0.5) is 0 Å². The average Bonchev–Trinajstić information content (AvgIpc) is 2.78. The Labute approximate surface area is 113 Å². The molecule has 7 heteroatoms. The van der Waals surface area contributed by atoms with E-state index < -0.39 is 0 Å². The number of carbonyl (C=O) groups is 1. The molecule has 6 nitrogen and oxygen atoms in total. The Kier molecular flexibility index (Phi) is 4.03. The van der Waals surface area contributed by atoms with Crippen LogP contribution in [0.15, 0.2) is 28.7 Å². The first kappa shape index (κ1) is 12.7. The van der Waals surface area contributed by atoms with Gasteiger partial charge in [0.05, 0.1) is 0 Å². The van der Waals surface area contributed by atoms with Crippen molar-refractivity contribution in [3.05, 3.63) is 28.7 Å². The Hall–Kier alpha value is -1.76. The summed E-state index contributed by atoms with van der Waals surface area (Å²) >= 11 is 3.36. The summed E-state index contributed by atoms with van der Waals surface area (Å²) in [5.41, 5.74) is 0.861. The van der Waals surface area contributed by atoms with Gasteiger partial charge in [0.25, 0.3) is 0 Å². The van der Waals surface area contributed by atoms with Gasteiger partial charge < -0.3 is 5.32 Å². The van der Waals surface area contributed by atoms with E-state index in [1.165, 1.54) is 4.80 Å². The smallest absolute Gasteiger partial charge is 0.243 e. The summed E-state index contributed by atoms with van der Waals surface area (Å²) in [6.45, 7) is 2.53. The molecule has 1 aromatic carbocycles. The van der Waals surface area contributed by atoms with E-state index in [9.17, 15) is 4.79 Å². The number of carbonyl (C=O) groups excluding carboxylic acids is 1. The third-order valence-corrected chi connectivity index (χ3v) is 2.74. The van der Waals surface area contributed by atoms with Crippen molar-refractivity contribution in [1.29, 1.82) is 0 Å². The van der Waals surface area contributed by atoms with Gasteiger partial charge in [0.1, 0.15) is 6.54 Å². The van der Waals surface area contributed by atoms with E-state index in [0.29, 0.717) is 12.4 Å². The van der Waals surface area contributed by atoms with E-state index >= 15 is 0 Å². The topological polar surface area (TPSA) is 72.7 Å². The molecule has 0 bridgehead atoms. The minimum absolute atomic E-state index is 0.0807. The van der Waals surface area contributed by atoms with Crippen molar-refractivity contribution in [2.75, 3.05) is 6.54 Å². The molecule has 2 aromatic rings. The van der Waals surface area contributed by atoms with Crippen molar-refractivity contribution in [3.63, 3.8) is 0 Å². The highest BCUT2D eigenvalue weighted by atomic mass is 79.9. The number of amides is 1. The monoisotopic (exact) mass is 309 g/mol. The van der Waals surface area contributed by atoms with E-state index in [1.807, 2.05) is 31.2 Å². The number of benzene rings is 1. The van der Waals surface area contributed by atoms with Crippen LogP contribution < -0.4 is 5.32 Å². The van der Waals surface area contributed by atoms with E-state index in [0.717, 1.165) is 10.0 Å². The van der Waals surface area contributed by atoms with Crippen molar-refractivity contribution in [2.45, 2.75) is 13.5 Å². The molecule has 0 saturated heterocycles. The highest BCUT2D eigenvalue weighted by molar-refractivity contribution is 9.10. The molecule has 0 atom stereocenters. The van der Waals surface area contributed by atoms with E-state index in [4.69, 9.17) is 0 Å². The predicted molar refractivity (Wildman–Crippen MR) is 69.6 cm³/mol. The third-order valence-electron chi connectivity index (χ3n) is 2.21. The molecule has 18 heavy (non-hydrogen) atoms. The molecule has 94 valence electrons. The lowest BCUT2D eigenvalue weighted by molar-refractivity contribution is -0.121. The van der Waals surface area contributed by atoms with Crippen LogP contribution in [0.5, 0.6) is 0 Å². The second-order valence-electron chi connectivity index (χ2n) is 3.60. The Morgan fingerprint density at radius 3 is 2.78 bits per heavy atom. The summed E-state index contributed by atoms with van der Waals surface area (Å²) in [7, 11) is 0. The van der Waals surface area contributed by atoms with Crippen LogP contribution in [0.2, 0.25) is 0 Å². The molecule has 1 N–H and O–H groups in total. The zero-order valence-electron chi connectivity index (χ0n) is 9.80. The lowest BCUT2D eigenvalue weighted by atomic mass is 10.2. The molecule has 0 aliphatic rings. The molecular formula is C11H12BrN5O. The molecular weight excluding hydrogens is 298 g/mol. The number of likely N-dealkylation sites (N-methyl/N-ethyl adjacent to an activating group) is 1. The Bertz CT molecular complexity index is 537. The molecule has 2 rings (SSSR count). The quantitative estimate of drug-likeness (QED) is 0.922. The molecule has 1 amide bonds. The molecule has 0 unspecified atom stereocenters. The van der Waals surface area contributed by atoms with Crippen molar-refractivity contribution in [1.82, 2.24) is 25.5 Å². The minimum atomic E-state index is -0.128. The molecule has 0 spiro atoms. The highest BCUT2D eigenvalue weighted by Crippen LogP contribution is 2.17. The number of rotatable bonds is 4. The van der Waals surface area contributed by atoms with Crippen molar-refractivity contribution in [3.8, 4) is 11.4 Å². The van der Waals surface area contributed by atoms with Crippen LogP contribution in [0.25, 0.3) is 11.4 Å². The molecule has 0 fully saturated rings. The first-order valence-electron chi connectivity index (χ1n) is 5.49. The number of nitrogens with one attached hydrogen (secondary N) is 1. The van der Waals surface area contributed by atoms with Gasteiger partial charge in [-0.25, -0.2) is 0 Å². The molecule has 0 saturated carbocycles. The maximum atomic E-state index is 11.4. The van der Waals surface area contributed by atoms with Crippen LogP contribution in [-0.2, 0) is 11.3 Å². The van der Waals surface area contributed by atoms with E-state index in [2.05, 4.69) is 36.7 Å². The van der Waals surface area contributed by atoms with Crippen molar-refractivity contribution >= 4 is 21.8 Å². The molecule has 1 heterocycles. The molecule has 1 aromatic heterocycles. The van der Waals surface area contributed by atoms with Gasteiger partial charge in [0.15, 0.2) is 0 Å². The fourth-order valence-electron chi connectivity index (χ4n) is 1.41. The maximum Gasteiger partial charge on any atom is 0.243 e.